The second-order valence-corrected chi connectivity index (χ2v) is 15.5. The number of carbonyl (C=O) groups excluding carboxylic acids is 4. The van der Waals surface area contributed by atoms with Gasteiger partial charge in [0.05, 0.1) is 41.8 Å². The van der Waals surface area contributed by atoms with Gasteiger partial charge >= 0.3 is 12.1 Å². The number of rotatable bonds is 13. The van der Waals surface area contributed by atoms with Crippen LogP contribution in [0.2, 0.25) is 0 Å². The molecule has 0 saturated carbocycles. The van der Waals surface area contributed by atoms with Crippen molar-refractivity contribution in [1.29, 1.82) is 0 Å². The molecule has 3 amide bonds. The molecular weight excluding hydrogens is 833 g/mol. The molecule has 65 heavy (non-hydrogen) atoms. The molecule has 15 heteroatoms. The molecule has 0 radical (unpaired) electrons. The second kappa shape index (κ2) is 19.0. The van der Waals surface area contributed by atoms with E-state index in [9.17, 15) is 25.1 Å². The van der Waals surface area contributed by atoms with Crippen LogP contribution < -0.4 is 15.0 Å². The molecule has 2 saturated heterocycles. The number of esters is 1. The van der Waals surface area contributed by atoms with Gasteiger partial charge in [0.15, 0.2) is 0 Å². The maximum atomic E-state index is 16.3. The average molecular weight is 877 g/mol. The van der Waals surface area contributed by atoms with Gasteiger partial charge in [-0.1, -0.05) is 96.8 Å². The van der Waals surface area contributed by atoms with E-state index in [4.69, 9.17) is 14.2 Å². The van der Waals surface area contributed by atoms with E-state index in [1.54, 1.807) is 36.4 Å². The van der Waals surface area contributed by atoms with E-state index in [2.05, 4.69) is 23.7 Å². The number of carbonyl (C=O) groups is 4. The summed E-state index contributed by atoms with van der Waals surface area (Å²) in [5.74, 6) is 2.17. The average Bonchev–Trinajstić information content (AvgIpc) is 3.78. The Morgan fingerprint density at radius 2 is 1.58 bits per heavy atom. The van der Waals surface area contributed by atoms with E-state index in [-0.39, 0.29) is 62.1 Å². The Balaban J connectivity index is 1.42. The van der Waals surface area contributed by atoms with Crippen LogP contribution in [-0.4, -0.2) is 76.3 Å². The van der Waals surface area contributed by atoms with Crippen molar-refractivity contribution in [3.63, 3.8) is 0 Å². The van der Waals surface area contributed by atoms with Gasteiger partial charge in [0.25, 0.3) is 5.69 Å². The van der Waals surface area contributed by atoms with Crippen LogP contribution in [0.25, 0.3) is 0 Å². The van der Waals surface area contributed by atoms with Gasteiger partial charge in [0, 0.05) is 36.2 Å². The number of nitro groups is 1. The van der Waals surface area contributed by atoms with E-state index in [1.807, 2.05) is 65.6 Å². The first-order valence-corrected chi connectivity index (χ1v) is 20.9. The van der Waals surface area contributed by atoms with Gasteiger partial charge in [-0.25, -0.2) is 9.69 Å². The number of amides is 3. The van der Waals surface area contributed by atoms with Gasteiger partial charge in [-0.3, -0.25) is 29.4 Å². The van der Waals surface area contributed by atoms with Crippen LogP contribution in [0.3, 0.4) is 0 Å². The number of ether oxygens (including phenoxy) is 3. The molecule has 5 aromatic rings. The van der Waals surface area contributed by atoms with Crippen LogP contribution in [0, 0.1) is 27.9 Å². The number of hydrogen-bond donors (Lipinski definition) is 3. The number of fused-ring (bicyclic) bond motifs is 3. The van der Waals surface area contributed by atoms with Gasteiger partial charge < -0.3 is 29.7 Å². The molecule has 3 aliphatic heterocycles. The number of imide groups is 1. The number of aliphatic hydroxyl groups excluding tert-OH is 2. The number of cyclic esters (lactones) is 1. The minimum absolute atomic E-state index is 0.0441. The molecule has 6 atom stereocenters. The fraction of sp³-hybridized carbons (Fsp3) is 0.240. The number of nitrogens with zero attached hydrogens (tertiary/aromatic N) is 3. The highest BCUT2D eigenvalue weighted by Gasteiger charge is 2.76. The molecule has 0 unspecified atom stereocenters. The lowest BCUT2D eigenvalue weighted by atomic mass is 9.65. The predicted octanol–water partition coefficient (Wildman–Crippen LogP) is 6.00. The van der Waals surface area contributed by atoms with Crippen LogP contribution in [0.5, 0.6) is 5.75 Å². The summed E-state index contributed by atoms with van der Waals surface area (Å²) in [6.45, 7) is 2.64. The number of non-ortho nitro benzene ring substituents is 1. The van der Waals surface area contributed by atoms with Crippen molar-refractivity contribution in [3.8, 4) is 17.6 Å². The van der Waals surface area contributed by atoms with Crippen LogP contribution >= 0.6 is 0 Å². The molecule has 15 nitrogen and oxygen atoms in total. The van der Waals surface area contributed by atoms with Crippen molar-refractivity contribution in [2.24, 2.45) is 5.92 Å². The zero-order valence-electron chi connectivity index (χ0n) is 34.9. The Kier molecular flexibility index (Phi) is 12.9. The fourth-order valence-corrected chi connectivity index (χ4v) is 9.36. The van der Waals surface area contributed by atoms with Crippen molar-refractivity contribution in [1.82, 2.24) is 10.2 Å². The number of para-hydroxylation sites is 1. The van der Waals surface area contributed by atoms with Crippen LogP contribution in [0.1, 0.15) is 58.0 Å². The smallest absolute Gasteiger partial charge is 0.421 e. The molecule has 0 aromatic heterocycles. The molecule has 8 rings (SSSR count). The highest BCUT2D eigenvalue weighted by atomic mass is 16.6. The molecule has 3 aliphatic rings. The molecule has 5 aromatic carbocycles. The number of nitrogens with one attached hydrogen (secondary N) is 1. The first-order valence-electron chi connectivity index (χ1n) is 20.9. The summed E-state index contributed by atoms with van der Waals surface area (Å²) >= 11 is 0. The first kappa shape index (κ1) is 44.0. The van der Waals surface area contributed by atoms with E-state index >= 15 is 14.4 Å². The number of aliphatic hydroxyl groups is 2. The maximum Gasteiger partial charge on any atom is 0.421 e. The van der Waals surface area contributed by atoms with Crippen LogP contribution in [0.15, 0.2) is 140 Å². The first-order chi connectivity index (χ1) is 31.6. The minimum Gasteiger partial charge on any atom is -0.491 e. The van der Waals surface area contributed by atoms with Crippen molar-refractivity contribution in [2.45, 2.75) is 42.7 Å². The van der Waals surface area contributed by atoms with Gasteiger partial charge in [-0.2, -0.15) is 0 Å². The summed E-state index contributed by atoms with van der Waals surface area (Å²) in [4.78, 5) is 74.9. The summed E-state index contributed by atoms with van der Waals surface area (Å²) in [6, 6.07) is 31.8. The minimum atomic E-state index is -2.15. The van der Waals surface area contributed by atoms with E-state index < -0.39 is 64.4 Å². The lowest BCUT2D eigenvalue weighted by molar-refractivity contribution is -0.384. The SMILES string of the molecule is C=CCNC(=O)[C@@H]1[C@H]2C(=O)O[C@H](c3ccccc3)[C@H](c3ccccc3)N2[C@H](c2ccccc2OCCO)[C@@]12C(=O)N(C(=O)OCc1ccc([N+](=O)[O-])cc1)c1ccc(C#CCCO)cc12. The second-order valence-electron chi connectivity index (χ2n) is 15.5. The third-order valence-corrected chi connectivity index (χ3v) is 11.9. The lowest BCUT2D eigenvalue weighted by Crippen LogP contribution is -2.55. The molecule has 2 fully saturated rings. The molecule has 0 aliphatic carbocycles. The quantitative estimate of drug-likeness (QED) is 0.0411. The normalized spacial score (nSPS) is 21.9. The van der Waals surface area contributed by atoms with Crippen molar-refractivity contribution < 1.29 is 48.5 Å². The largest absolute Gasteiger partial charge is 0.491 e. The third kappa shape index (κ3) is 7.99. The highest BCUT2D eigenvalue weighted by molar-refractivity contribution is 6.23. The van der Waals surface area contributed by atoms with Gasteiger partial charge in [-0.05, 0) is 58.7 Å². The predicted molar refractivity (Wildman–Crippen MR) is 236 cm³/mol. The molecule has 3 N–H and O–H groups in total. The van der Waals surface area contributed by atoms with E-state index in [0.717, 1.165) is 4.90 Å². The fourth-order valence-electron chi connectivity index (χ4n) is 9.36. The Morgan fingerprint density at radius 3 is 2.26 bits per heavy atom. The van der Waals surface area contributed by atoms with Crippen LogP contribution in [-0.2, 0) is 35.9 Å². The summed E-state index contributed by atoms with van der Waals surface area (Å²) < 4.78 is 18.5. The monoisotopic (exact) mass is 876 g/mol. The van der Waals surface area contributed by atoms with Gasteiger partial charge in [0.1, 0.15) is 36.5 Å². The van der Waals surface area contributed by atoms with E-state index in [0.29, 0.717) is 27.8 Å². The molecular formula is C50H44N4O11. The maximum absolute atomic E-state index is 16.3. The van der Waals surface area contributed by atoms with Crippen molar-refractivity contribution >= 4 is 35.3 Å². The zero-order chi connectivity index (χ0) is 45.7. The zero-order valence-corrected chi connectivity index (χ0v) is 34.9. The summed E-state index contributed by atoms with van der Waals surface area (Å²) in [7, 11) is 0. The standard InChI is InChI=1S/C50H44N4O11/c1-2-26-51-46(57)41-43-47(58)65-44(35-16-7-4-8-17-35)42(34-14-5-3-6-15-34)53(43)45(37-18-9-10-19-40(37)63-29-28-56)50(41)38-30-32(13-11-12-27-55)22-25-39(38)52(48(50)59)49(60)64-31-33-20-23-36(24-21-33)54(61)62/h2-10,14-25,30,41-45,55-56H,1,12,26-29,31H2,(H,51,57)/t41-,42-,43-,44+,45+,50-/m0/s1. The summed E-state index contributed by atoms with van der Waals surface area (Å²) in [6.07, 6.45) is -0.495. The third-order valence-electron chi connectivity index (χ3n) is 11.9. The summed E-state index contributed by atoms with van der Waals surface area (Å²) in [5, 5.41) is 33.8. The Hall–Kier alpha value is -7.64. The number of nitro benzene ring substituents is 1. The number of anilines is 1. The number of hydrogen-bond acceptors (Lipinski definition) is 12. The topological polar surface area (TPSA) is 198 Å². The molecule has 330 valence electrons. The van der Waals surface area contributed by atoms with E-state index in [1.165, 1.54) is 36.4 Å². The van der Waals surface area contributed by atoms with Gasteiger partial charge in [0.2, 0.25) is 11.8 Å². The van der Waals surface area contributed by atoms with Crippen LogP contribution in [0.4, 0.5) is 16.2 Å². The molecule has 1 spiro atoms. The molecule has 3 heterocycles. The van der Waals surface area contributed by atoms with Crippen molar-refractivity contribution in [3.05, 3.63) is 184 Å². The Morgan fingerprint density at radius 1 is 0.892 bits per heavy atom. The highest BCUT2D eigenvalue weighted by Crippen LogP contribution is 2.66. The Bertz CT molecular complexity index is 2680. The number of morpholine rings is 1. The van der Waals surface area contributed by atoms with Crippen molar-refractivity contribution in [2.75, 3.05) is 31.3 Å². The Labute approximate surface area is 374 Å². The number of benzene rings is 5. The lowest BCUT2D eigenvalue weighted by Gasteiger charge is -2.46. The molecule has 0 bridgehead atoms. The summed E-state index contributed by atoms with van der Waals surface area (Å²) in [5.41, 5.74) is 0.388. The van der Waals surface area contributed by atoms with Gasteiger partial charge in [-0.15, -0.1) is 6.58 Å².